The predicted molar refractivity (Wildman–Crippen MR) is 96.0 cm³/mol. The van der Waals surface area contributed by atoms with E-state index in [2.05, 4.69) is 14.6 Å². The fourth-order valence-electron chi connectivity index (χ4n) is 2.85. The van der Waals surface area contributed by atoms with E-state index in [-0.39, 0.29) is 22.5 Å². The summed E-state index contributed by atoms with van der Waals surface area (Å²) in [6.07, 6.45) is 3.47. The normalized spacial score (nSPS) is 17.3. The van der Waals surface area contributed by atoms with E-state index in [0.717, 1.165) is 18.7 Å². The Balaban J connectivity index is 1.80. The lowest BCUT2D eigenvalue weighted by Gasteiger charge is -2.34. The Kier molecular flexibility index (Phi) is 6.03. The van der Waals surface area contributed by atoms with Crippen molar-refractivity contribution in [2.45, 2.75) is 10.9 Å². The molecule has 1 aliphatic heterocycles. The van der Waals surface area contributed by atoms with Gasteiger partial charge in [-0.1, -0.05) is 29.8 Å². The summed E-state index contributed by atoms with van der Waals surface area (Å²) in [7, 11) is -3.69. The third-order valence-electron chi connectivity index (χ3n) is 4.15. The highest BCUT2D eigenvalue weighted by Crippen LogP contribution is 2.23. The van der Waals surface area contributed by atoms with Gasteiger partial charge in [-0.05, 0) is 23.8 Å². The second-order valence-corrected chi connectivity index (χ2v) is 7.88. The molecule has 0 aliphatic carbocycles. The molecule has 2 aromatic rings. The second-order valence-electron chi connectivity index (χ2n) is 5.73. The first kappa shape index (κ1) is 18.3. The molecule has 0 spiro atoms. The van der Waals surface area contributed by atoms with Crippen LogP contribution in [0.3, 0.4) is 0 Å². The van der Waals surface area contributed by atoms with Crippen LogP contribution in [0.2, 0.25) is 5.02 Å². The van der Waals surface area contributed by atoms with E-state index in [4.69, 9.17) is 16.3 Å². The van der Waals surface area contributed by atoms with Crippen LogP contribution in [0.25, 0.3) is 0 Å². The molecule has 1 unspecified atom stereocenters. The van der Waals surface area contributed by atoms with Crippen LogP contribution in [-0.4, -0.2) is 51.1 Å². The minimum atomic E-state index is -3.69. The first-order valence-corrected chi connectivity index (χ1v) is 9.90. The molecule has 0 amide bonds. The zero-order valence-electron chi connectivity index (χ0n) is 13.6. The Hall–Kier alpha value is -1.51. The van der Waals surface area contributed by atoms with Crippen molar-refractivity contribution in [3.63, 3.8) is 0 Å². The van der Waals surface area contributed by atoms with Gasteiger partial charge >= 0.3 is 0 Å². The van der Waals surface area contributed by atoms with Gasteiger partial charge < -0.3 is 4.74 Å². The molecule has 1 N–H and O–H groups in total. The molecule has 0 saturated carbocycles. The van der Waals surface area contributed by atoms with Crippen molar-refractivity contribution in [2.75, 3.05) is 32.8 Å². The highest BCUT2D eigenvalue weighted by Gasteiger charge is 2.26. The van der Waals surface area contributed by atoms with Gasteiger partial charge in [0.15, 0.2) is 0 Å². The summed E-state index contributed by atoms with van der Waals surface area (Å²) in [5.74, 6) is 0. The first-order chi connectivity index (χ1) is 12.1. The van der Waals surface area contributed by atoms with E-state index in [1.807, 2.05) is 12.1 Å². The topological polar surface area (TPSA) is 71.5 Å². The third-order valence-corrected chi connectivity index (χ3v) is 6.07. The van der Waals surface area contributed by atoms with E-state index in [1.165, 1.54) is 6.07 Å². The van der Waals surface area contributed by atoms with Crippen LogP contribution >= 0.6 is 11.6 Å². The number of benzene rings is 1. The Labute approximate surface area is 152 Å². The molecule has 1 aromatic heterocycles. The number of morpholine rings is 1. The zero-order chi connectivity index (χ0) is 17.7. The largest absolute Gasteiger partial charge is 0.379 e. The number of hydrogen-bond acceptors (Lipinski definition) is 5. The standard InChI is InChI=1S/C17H20ClN3O3S/c18-15-5-1-2-6-17(15)25(22,23)20-13-16(14-4-3-7-19-12-14)21-8-10-24-11-9-21/h1-7,12,16,20H,8-11,13H2. The maximum Gasteiger partial charge on any atom is 0.242 e. The van der Waals surface area contributed by atoms with Crippen LogP contribution in [0.4, 0.5) is 0 Å². The van der Waals surface area contributed by atoms with Gasteiger partial charge in [0.25, 0.3) is 0 Å². The molecule has 1 saturated heterocycles. The maximum atomic E-state index is 12.6. The van der Waals surface area contributed by atoms with Crippen molar-refractivity contribution in [3.05, 3.63) is 59.4 Å². The molecular weight excluding hydrogens is 362 g/mol. The smallest absolute Gasteiger partial charge is 0.242 e. The third kappa shape index (κ3) is 4.56. The molecule has 25 heavy (non-hydrogen) atoms. The highest BCUT2D eigenvalue weighted by atomic mass is 35.5. The molecule has 2 heterocycles. The number of nitrogens with zero attached hydrogens (tertiary/aromatic N) is 2. The van der Waals surface area contributed by atoms with Gasteiger partial charge in [-0.3, -0.25) is 9.88 Å². The molecule has 6 nitrogen and oxygen atoms in total. The lowest BCUT2D eigenvalue weighted by atomic mass is 10.1. The Bertz CT molecular complexity index is 796. The second kappa shape index (κ2) is 8.25. The number of hydrogen-bond donors (Lipinski definition) is 1. The van der Waals surface area contributed by atoms with Gasteiger partial charge in [-0.15, -0.1) is 0 Å². The molecule has 1 fully saturated rings. The Morgan fingerprint density at radius 3 is 2.64 bits per heavy atom. The summed E-state index contributed by atoms with van der Waals surface area (Å²) < 4.78 is 33.3. The molecule has 134 valence electrons. The summed E-state index contributed by atoms with van der Waals surface area (Å²) in [5.41, 5.74) is 0.964. The molecule has 8 heteroatoms. The number of aromatic nitrogens is 1. The van der Waals surface area contributed by atoms with Crippen LogP contribution in [0.5, 0.6) is 0 Å². The fraction of sp³-hybridized carbons (Fsp3) is 0.353. The van der Waals surface area contributed by atoms with Gasteiger partial charge in [0, 0.05) is 32.0 Å². The molecule has 3 rings (SSSR count). The summed E-state index contributed by atoms with van der Waals surface area (Å²) in [6.45, 7) is 2.99. The Morgan fingerprint density at radius 1 is 1.20 bits per heavy atom. The van der Waals surface area contributed by atoms with Crippen molar-refractivity contribution in [1.82, 2.24) is 14.6 Å². The van der Waals surface area contributed by atoms with E-state index in [0.29, 0.717) is 13.2 Å². The molecule has 0 radical (unpaired) electrons. The van der Waals surface area contributed by atoms with Crippen LogP contribution in [0, 0.1) is 0 Å². The van der Waals surface area contributed by atoms with Crippen molar-refractivity contribution in [3.8, 4) is 0 Å². The number of pyridine rings is 1. The van der Waals surface area contributed by atoms with Crippen molar-refractivity contribution in [2.24, 2.45) is 0 Å². The lowest BCUT2D eigenvalue weighted by Crippen LogP contribution is -2.43. The SMILES string of the molecule is O=S(=O)(NCC(c1cccnc1)N1CCOCC1)c1ccccc1Cl. The van der Waals surface area contributed by atoms with Gasteiger partial charge in [0.1, 0.15) is 4.90 Å². The van der Waals surface area contributed by atoms with Crippen LogP contribution in [0.15, 0.2) is 53.7 Å². The van der Waals surface area contributed by atoms with Crippen molar-refractivity contribution >= 4 is 21.6 Å². The summed E-state index contributed by atoms with van der Waals surface area (Å²) in [6, 6.07) is 10.1. The summed E-state index contributed by atoms with van der Waals surface area (Å²) >= 11 is 6.03. The molecular formula is C17H20ClN3O3S. The van der Waals surface area contributed by atoms with Gasteiger partial charge in [0.2, 0.25) is 10.0 Å². The van der Waals surface area contributed by atoms with Crippen LogP contribution < -0.4 is 4.72 Å². The van der Waals surface area contributed by atoms with Crippen LogP contribution in [0.1, 0.15) is 11.6 Å². The van der Waals surface area contributed by atoms with Crippen molar-refractivity contribution in [1.29, 1.82) is 0 Å². The monoisotopic (exact) mass is 381 g/mol. The van der Waals surface area contributed by atoms with Gasteiger partial charge in [-0.25, -0.2) is 13.1 Å². The maximum absolute atomic E-state index is 12.6. The van der Waals surface area contributed by atoms with Gasteiger partial charge in [-0.2, -0.15) is 0 Å². The Morgan fingerprint density at radius 2 is 1.96 bits per heavy atom. The highest BCUT2D eigenvalue weighted by molar-refractivity contribution is 7.89. The van der Waals surface area contributed by atoms with Crippen molar-refractivity contribution < 1.29 is 13.2 Å². The number of sulfonamides is 1. The average Bonchev–Trinajstić information content (AvgIpc) is 2.64. The fourth-order valence-corrected chi connectivity index (χ4v) is 4.40. The summed E-state index contributed by atoms with van der Waals surface area (Å²) in [4.78, 5) is 6.45. The molecule has 0 bridgehead atoms. The molecule has 1 atom stereocenters. The number of rotatable bonds is 6. The van der Waals surface area contributed by atoms with Crippen LogP contribution in [-0.2, 0) is 14.8 Å². The average molecular weight is 382 g/mol. The number of halogens is 1. The van der Waals surface area contributed by atoms with Gasteiger partial charge in [0.05, 0.1) is 24.3 Å². The number of nitrogens with one attached hydrogen (secondary N) is 1. The lowest BCUT2D eigenvalue weighted by molar-refractivity contribution is 0.0171. The van der Waals surface area contributed by atoms with E-state index < -0.39 is 10.0 Å². The molecule has 1 aromatic carbocycles. The minimum Gasteiger partial charge on any atom is -0.379 e. The van der Waals surface area contributed by atoms with E-state index in [1.54, 1.807) is 30.6 Å². The van der Waals surface area contributed by atoms with E-state index >= 15 is 0 Å². The minimum absolute atomic E-state index is 0.0866. The van der Waals surface area contributed by atoms with E-state index in [9.17, 15) is 8.42 Å². The predicted octanol–water partition coefficient (Wildman–Crippen LogP) is 2.09. The first-order valence-electron chi connectivity index (χ1n) is 8.04. The number of ether oxygens (including phenoxy) is 1. The zero-order valence-corrected chi connectivity index (χ0v) is 15.2. The summed E-state index contributed by atoms with van der Waals surface area (Å²) in [5, 5.41) is 0.208. The quantitative estimate of drug-likeness (QED) is 0.829. The molecule has 1 aliphatic rings.